The maximum atomic E-state index is 11.0. The summed E-state index contributed by atoms with van der Waals surface area (Å²) in [5.74, 6) is 0. The SMILES string of the molecule is CCCCCCCCCCCCCCCCO[C@@H](C=O)[C@@H](O)[C@H](O)[C@H](O)CO. The third-order valence-corrected chi connectivity index (χ3v) is 5.21. The van der Waals surface area contributed by atoms with E-state index < -0.39 is 31.0 Å². The van der Waals surface area contributed by atoms with Gasteiger partial charge < -0.3 is 30.0 Å². The Morgan fingerprint density at radius 1 is 0.714 bits per heavy atom. The molecule has 0 unspecified atom stereocenters. The number of aldehydes is 1. The Morgan fingerprint density at radius 2 is 1.14 bits per heavy atom. The Labute approximate surface area is 171 Å². The minimum absolute atomic E-state index is 0.320. The maximum Gasteiger partial charge on any atom is 0.151 e. The molecule has 0 spiro atoms. The number of hydrogen-bond acceptors (Lipinski definition) is 6. The molecule has 0 fully saturated rings. The Hall–Kier alpha value is -0.530. The van der Waals surface area contributed by atoms with Crippen molar-refractivity contribution in [3.63, 3.8) is 0 Å². The highest BCUT2D eigenvalue weighted by atomic mass is 16.5. The molecule has 0 aliphatic carbocycles. The van der Waals surface area contributed by atoms with Crippen LogP contribution in [0.25, 0.3) is 0 Å². The second kappa shape index (κ2) is 19.8. The van der Waals surface area contributed by atoms with E-state index in [2.05, 4.69) is 6.92 Å². The third kappa shape index (κ3) is 14.5. The van der Waals surface area contributed by atoms with Crippen molar-refractivity contribution in [3.05, 3.63) is 0 Å². The first kappa shape index (κ1) is 27.5. The summed E-state index contributed by atoms with van der Waals surface area (Å²) < 4.78 is 5.31. The molecule has 0 amide bonds. The minimum atomic E-state index is -1.61. The lowest BCUT2D eigenvalue weighted by atomic mass is 10.0. The predicted molar refractivity (Wildman–Crippen MR) is 111 cm³/mol. The summed E-state index contributed by atoms with van der Waals surface area (Å²) in [6, 6.07) is 0. The van der Waals surface area contributed by atoms with E-state index in [9.17, 15) is 20.1 Å². The van der Waals surface area contributed by atoms with E-state index in [0.29, 0.717) is 12.9 Å². The zero-order valence-electron chi connectivity index (χ0n) is 17.8. The first-order valence-electron chi connectivity index (χ1n) is 11.3. The van der Waals surface area contributed by atoms with E-state index >= 15 is 0 Å². The number of hydrogen-bond donors (Lipinski definition) is 4. The van der Waals surface area contributed by atoms with Crippen LogP contribution < -0.4 is 0 Å². The van der Waals surface area contributed by atoms with Gasteiger partial charge in [-0.3, -0.25) is 0 Å². The second-order valence-corrected chi connectivity index (χ2v) is 7.80. The van der Waals surface area contributed by atoms with Gasteiger partial charge in [0.25, 0.3) is 0 Å². The number of aliphatic hydroxyl groups is 4. The summed E-state index contributed by atoms with van der Waals surface area (Å²) in [4.78, 5) is 11.0. The van der Waals surface area contributed by atoms with Crippen molar-refractivity contribution < 1.29 is 30.0 Å². The molecule has 4 atom stereocenters. The van der Waals surface area contributed by atoms with E-state index in [1.165, 1.54) is 70.6 Å². The van der Waals surface area contributed by atoms with Crippen molar-refractivity contribution in [3.8, 4) is 0 Å². The van der Waals surface area contributed by atoms with Gasteiger partial charge in [0.1, 0.15) is 24.4 Å². The fourth-order valence-electron chi connectivity index (χ4n) is 3.26. The Balaban J connectivity index is 3.49. The number of rotatable bonds is 21. The molecule has 0 saturated heterocycles. The van der Waals surface area contributed by atoms with Crippen LogP contribution in [0.5, 0.6) is 0 Å². The number of ether oxygens (including phenoxy) is 1. The van der Waals surface area contributed by atoms with Gasteiger partial charge in [-0.25, -0.2) is 0 Å². The van der Waals surface area contributed by atoms with E-state index in [1.54, 1.807) is 0 Å². The van der Waals surface area contributed by atoms with Crippen LogP contribution in [0.2, 0.25) is 0 Å². The Morgan fingerprint density at radius 3 is 1.54 bits per heavy atom. The summed E-state index contributed by atoms with van der Waals surface area (Å²) >= 11 is 0. The molecule has 0 heterocycles. The van der Waals surface area contributed by atoms with Gasteiger partial charge in [-0.2, -0.15) is 0 Å². The lowest BCUT2D eigenvalue weighted by molar-refractivity contribution is -0.146. The van der Waals surface area contributed by atoms with Crippen LogP contribution in [-0.2, 0) is 9.53 Å². The molecule has 0 saturated carbocycles. The zero-order chi connectivity index (χ0) is 21.0. The highest BCUT2D eigenvalue weighted by Gasteiger charge is 2.31. The van der Waals surface area contributed by atoms with Crippen molar-refractivity contribution in [2.45, 2.75) is 121 Å². The van der Waals surface area contributed by atoms with Crippen LogP contribution >= 0.6 is 0 Å². The lowest BCUT2D eigenvalue weighted by Crippen LogP contribution is -2.47. The molecule has 0 aliphatic heterocycles. The molecule has 0 aromatic carbocycles. The second-order valence-electron chi connectivity index (χ2n) is 7.80. The molecule has 0 bridgehead atoms. The summed E-state index contributed by atoms with van der Waals surface area (Å²) in [5.41, 5.74) is 0. The number of aliphatic hydroxyl groups excluding tert-OH is 4. The first-order chi connectivity index (χ1) is 13.6. The van der Waals surface area contributed by atoms with Crippen molar-refractivity contribution in [1.82, 2.24) is 0 Å². The smallest absolute Gasteiger partial charge is 0.151 e. The third-order valence-electron chi connectivity index (χ3n) is 5.21. The number of carbonyl (C=O) groups is 1. The molecule has 4 N–H and O–H groups in total. The van der Waals surface area contributed by atoms with Gasteiger partial charge in [-0.15, -0.1) is 0 Å². The van der Waals surface area contributed by atoms with E-state index in [-0.39, 0.29) is 0 Å². The summed E-state index contributed by atoms with van der Waals surface area (Å²) in [6.45, 7) is 1.88. The zero-order valence-corrected chi connectivity index (χ0v) is 17.8. The highest BCUT2D eigenvalue weighted by Crippen LogP contribution is 2.13. The summed E-state index contributed by atoms with van der Waals surface area (Å²) in [5, 5.41) is 37.5. The molecule has 6 heteroatoms. The largest absolute Gasteiger partial charge is 0.394 e. The minimum Gasteiger partial charge on any atom is -0.394 e. The van der Waals surface area contributed by atoms with Crippen LogP contribution in [0.15, 0.2) is 0 Å². The molecule has 6 nitrogen and oxygen atoms in total. The first-order valence-corrected chi connectivity index (χ1v) is 11.3. The normalized spacial score (nSPS) is 15.9. The molecule has 168 valence electrons. The van der Waals surface area contributed by atoms with Crippen molar-refractivity contribution >= 4 is 6.29 Å². The van der Waals surface area contributed by atoms with Gasteiger partial charge in [0.05, 0.1) is 6.61 Å². The quantitative estimate of drug-likeness (QED) is 0.173. The van der Waals surface area contributed by atoms with Gasteiger partial charge in [0, 0.05) is 6.61 Å². The Bertz CT molecular complexity index is 339. The number of unbranched alkanes of at least 4 members (excludes halogenated alkanes) is 13. The molecule has 0 aliphatic rings. The van der Waals surface area contributed by atoms with Gasteiger partial charge in [0.2, 0.25) is 0 Å². The fraction of sp³-hybridized carbons (Fsp3) is 0.955. The molecular formula is C22H44O6. The van der Waals surface area contributed by atoms with E-state index in [4.69, 9.17) is 9.84 Å². The molecule has 0 radical (unpaired) electrons. The molecule has 0 aromatic rings. The lowest BCUT2D eigenvalue weighted by Gasteiger charge is -2.25. The van der Waals surface area contributed by atoms with Crippen molar-refractivity contribution in [2.24, 2.45) is 0 Å². The molecular weight excluding hydrogens is 360 g/mol. The average Bonchev–Trinajstić information content (AvgIpc) is 2.72. The van der Waals surface area contributed by atoms with E-state index in [0.717, 1.165) is 19.3 Å². The van der Waals surface area contributed by atoms with Gasteiger partial charge >= 0.3 is 0 Å². The van der Waals surface area contributed by atoms with Crippen LogP contribution in [0.3, 0.4) is 0 Å². The van der Waals surface area contributed by atoms with Crippen LogP contribution in [-0.4, -0.2) is 64.3 Å². The van der Waals surface area contributed by atoms with Crippen molar-refractivity contribution in [1.29, 1.82) is 0 Å². The molecule has 0 rings (SSSR count). The number of carbonyl (C=O) groups excluding carboxylic acids is 1. The monoisotopic (exact) mass is 404 g/mol. The van der Waals surface area contributed by atoms with Gasteiger partial charge in [-0.1, -0.05) is 90.4 Å². The van der Waals surface area contributed by atoms with Gasteiger partial charge in [0.15, 0.2) is 6.29 Å². The molecule has 0 aromatic heterocycles. The Kier molecular flexibility index (Phi) is 19.4. The van der Waals surface area contributed by atoms with Crippen LogP contribution in [0.1, 0.15) is 96.8 Å². The maximum absolute atomic E-state index is 11.0. The topological polar surface area (TPSA) is 107 Å². The summed E-state index contributed by atoms with van der Waals surface area (Å²) in [7, 11) is 0. The van der Waals surface area contributed by atoms with Crippen LogP contribution in [0, 0.1) is 0 Å². The molecule has 28 heavy (non-hydrogen) atoms. The van der Waals surface area contributed by atoms with E-state index in [1.807, 2.05) is 0 Å². The predicted octanol–water partition coefficient (Wildman–Crippen LogP) is 3.13. The van der Waals surface area contributed by atoms with Crippen LogP contribution in [0.4, 0.5) is 0 Å². The standard InChI is InChI=1S/C22H44O6/c1-2-3-4-5-6-7-8-9-10-11-12-13-14-15-16-28-20(18-24)22(27)21(26)19(25)17-23/h18-23,25-27H,2-17H2,1H3/t19-,20+,21-,22-/m1/s1. The average molecular weight is 405 g/mol. The van der Waals surface area contributed by atoms with Crippen molar-refractivity contribution in [2.75, 3.05) is 13.2 Å². The van der Waals surface area contributed by atoms with Gasteiger partial charge in [-0.05, 0) is 6.42 Å². The highest BCUT2D eigenvalue weighted by molar-refractivity contribution is 5.57. The fourth-order valence-corrected chi connectivity index (χ4v) is 3.26. The summed E-state index contributed by atoms with van der Waals surface area (Å²) in [6.07, 6.45) is 12.1.